The van der Waals surface area contributed by atoms with Gasteiger partial charge in [0.15, 0.2) is 7.98 Å². The van der Waals surface area contributed by atoms with Crippen LogP contribution >= 0.6 is 0 Å². The lowest BCUT2D eigenvalue weighted by atomic mass is 10.2. The van der Waals surface area contributed by atoms with Gasteiger partial charge in [0.1, 0.15) is 11.6 Å². The highest BCUT2D eigenvalue weighted by atomic mass is 16.5. The maximum atomic E-state index is 11.6. The van der Waals surface area contributed by atoms with Crippen LogP contribution in [0, 0.1) is 6.92 Å². The van der Waals surface area contributed by atoms with Crippen LogP contribution in [0.2, 0.25) is 0 Å². The number of piperazine rings is 1. The second-order valence-corrected chi connectivity index (χ2v) is 8.42. The van der Waals surface area contributed by atoms with Crippen LogP contribution in [0.5, 0.6) is 5.75 Å². The first kappa shape index (κ1) is 24.1. The van der Waals surface area contributed by atoms with E-state index in [1.54, 1.807) is 13.3 Å². The summed E-state index contributed by atoms with van der Waals surface area (Å²) in [6, 6.07) is 13.5. The third-order valence-electron chi connectivity index (χ3n) is 5.85. The number of anilines is 6. The van der Waals surface area contributed by atoms with Crippen molar-refractivity contribution in [3.05, 3.63) is 66.9 Å². The molecule has 35 heavy (non-hydrogen) atoms. The van der Waals surface area contributed by atoms with Crippen LogP contribution in [0.15, 0.2) is 61.3 Å². The number of nitrogens with zero attached hydrogens (tertiary/aromatic N) is 4. The molecule has 1 aliphatic rings. The van der Waals surface area contributed by atoms with Gasteiger partial charge in [0.05, 0.1) is 12.8 Å². The fraction of sp³-hybridized carbons (Fsp3) is 0.240. The molecule has 0 aliphatic carbocycles. The van der Waals surface area contributed by atoms with E-state index in [9.17, 15) is 4.79 Å². The number of nitrogens with one attached hydrogen (secondary N) is 3. The van der Waals surface area contributed by atoms with E-state index in [2.05, 4.69) is 56.3 Å². The molecule has 0 spiro atoms. The Bertz CT molecular complexity index is 1210. The maximum Gasteiger partial charge on any atom is 0.247 e. The van der Waals surface area contributed by atoms with Gasteiger partial charge >= 0.3 is 0 Å². The third-order valence-corrected chi connectivity index (χ3v) is 5.85. The van der Waals surface area contributed by atoms with Crippen molar-refractivity contribution < 1.29 is 9.53 Å². The Labute approximate surface area is 206 Å². The molecular weight excluding hydrogens is 441 g/mol. The number of methoxy groups -OCH3 is 1. The molecule has 3 aromatic rings. The van der Waals surface area contributed by atoms with Crippen molar-refractivity contribution in [1.82, 2.24) is 14.8 Å². The number of carbonyl (C=O) groups excluding carboxylic acids is 1. The van der Waals surface area contributed by atoms with Crippen molar-refractivity contribution in [2.75, 3.05) is 54.1 Å². The predicted octanol–water partition coefficient (Wildman–Crippen LogP) is 3.08. The SMILES string of the molecule is BN1CCN(c2ccc(Nc3ncc(C)c(Nc4cccc(NC(=O)C=C)c4)n3)c(OC)c2)CC1. The normalized spacial score (nSPS) is 13.7. The lowest BCUT2D eigenvalue weighted by Crippen LogP contribution is -2.45. The van der Waals surface area contributed by atoms with E-state index < -0.39 is 0 Å². The van der Waals surface area contributed by atoms with E-state index in [0.717, 1.165) is 54.6 Å². The fourth-order valence-electron chi connectivity index (χ4n) is 3.80. The topological polar surface area (TPSA) is 94.7 Å². The lowest BCUT2D eigenvalue weighted by Gasteiger charge is -2.34. The summed E-state index contributed by atoms with van der Waals surface area (Å²) in [5.74, 6) is 1.56. The molecule has 10 heteroatoms. The second kappa shape index (κ2) is 10.9. The highest BCUT2D eigenvalue weighted by molar-refractivity contribution is 6.04. The van der Waals surface area contributed by atoms with Gasteiger partial charge in [0.2, 0.25) is 11.9 Å². The van der Waals surface area contributed by atoms with Crippen LogP contribution in [0.1, 0.15) is 5.56 Å². The Morgan fingerprint density at radius 3 is 2.63 bits per heavy atom. The van der Waals surface area contributed by atoms with Gasteiger partial charge in [-0.3, -0.25) is 4.79 Å². The molecular formula is C25H30BN7O2. The molecule has 1 amide bonds. The number of aromatic nitrogens is 2. The smallest absolute Gasteiger partial charge is 0.247 e. The monoisotopic (exact) mass is 471 g/mol. The molecule has 9 nitrogen and oxygen atoms in total. The van der Waals surface area contributed by atoms with E-state index in [1.807, 2.05) is 43.3 Å². The van der Waals surface area contributed by atoms with Gasteiger partial charge in [-0.05, 0) is 43.3 Å². The van der Waals surface area contributed by atoms with E-state index >= 15 is 0 Å². The Hall–Kier alpha value is -4.05. The van der Waals surface area contributed by atoms with Crippen LogP contribution in [-0.4, -0.2) is 62.0 Å². The van der Waals surface area contributed by atoms with Gasteiger partial charge in [-0.15, -0.1) is 0 Å². The number of ether oxygens (including phenoxy) is 1. The predicted molar refractivity (Wildman–Crippen MR) is 144 cm³/mol. The van der Waals surface area contributed by atoms with E-state index in [4.69, 9.17) is 4.74 Å². The van der Waals surface area contributed by atoms with E-state index in [1.165, 1.54) is 6.08 Å². The summed E-state index contributed by atoms with van der Waals surface area (Å²) in [4.78, 5) is 25.4. The van der Waals surface area contributed by atoms with Crippen molar-refractivity contribution in [3.63, 3.8) is 0 Å². The van der Waals surface area contributed by atoms with Crippen molar-refractivity contribution in [1.29, 1.82) is 0 Å². The van der Waals surface area contributed by atoms with Gasteiger partial charge < -0.3 is 30.4 Å². The first-order chi connectivity index (χ1) is 16.9. The summed E-state index contributed by atoms with van der Waals surface area (Å²) in [5.41, 5.74) is 4.25. The first-order valence-corrected chi connectivity index (χ1v) is 11.5. The standard InChI is InChI=1S/C25H30BN7O2/c1-4-23(34)28-18-6-5-7-19(14-18)29-24-17(2)16-27-25(31-24)30-21-9-8-20(15-22(21)35-3)32-10-12-33(26)13-11-32/h4-9,14-16H,1,10-13,26H2,2-3H3,(H,28,34)(H2,27,29,30,31). The molecule has 1 fully saturated rings. The second-order valence-electron chi connectivity index (χ2n) is 8.42. The average molecular weight is 471 g/mol. The maximum absolute atomic E-state index is 11.6. The molecule has 0 bridgehead atoms. The number of rotatable bonds is 8. The average Bonchev–Trinajstić information content (AvgIpc) is 2.87. The summed E-state index contributed by atoms with van der Waals surface area (Å²) < 4.78 is 5.66. The summed E-state index contributed by atoms with van der Waals surface area (Å²) in [6.45, 7) is 9.47. The van der Waals surface area contributed by atoms with Crippen LogP contribution in [0.25, 0.3) is 0 Å². The molecule has 0 radical (unpaired) electrons. The zero-order valence-corrected chi connectivity index (χ0v) is 20.3. The van der Waals surface area contributed by atoms with Crippen LogP contribution in [-0.2, 0) is 4.79 Å². The van der Waals surface area contributed by atoms with Gasteiger partial charge in [-0.2, -0.15) is 4.98 Å². The number of amides is 1. The van der Waals surface area contributed by atoms with Gasteiger partial charge in [-0.25, -0.2) is 4.98 Å². The van der Waals surface area contributed by atoms with Crippen LogP contribution in [0.4, 0.5) is 34.5 Å². The van der Waals surface area contributed by atoms with Crippen LogP contribution < -0.4 is 25.6 Å². The highest BCUT2D eigenvalue weighted by Crippen LogP contribution is 2.32. The number of benzene rings is 2. The number of hydrogen-bond acceptors (Lipinski definition) is 8. The lowest BCUT2D eigenvalue weighted by molar-refractivity contribution is -0.111. The molecule has 0 atom stereocenters. The molecule has 3 N–H and O–H groups in total. The van der Waals surface area contributed by atoms with E-state index in [0.29, 0.717) is 17.5 Å². The number of hydrogen-bond donors (Lipinski definition) is 3. The van der Waals surface area contributed by atoms with Gasteiger partial charge in [0, 0.05) is 61.1 Å². The van der Waals surface area contributed by atoms with Crippen molar-refractivity contribution in [3.8, 4) is 5.75 Å². The quantitative estimate of drug-likeness (QED) is 0.341. The molecule has 0 saturated carbocycles. The summed E-state index contributed by atoms with van der Waals surface area (Å²) in [5, 5.41) is 9.34. The minimum atomic E-state index is -0.264. The van der Waals surface area contributed by atoms with Gasteiger partial charge in [-0.1, -0.05) is 12.6 Å². The van der Waals surface area contributed by atoms with Crippen LogP contribution in [0.3, 0.4) is 0 Å². The zero-order valence-electron chi connectivity index (χ0n) is 20.3. The van der Waals surface area contributed by atoms with Gasteiger partial charge in [0.25, 0.3) is 0 Å². The molecule has 4 rings (SSSR count). The molecule has 180 valence electrons. The highest BCUT2D eigenvalue weighted by Gasteiger charge is 2.16. The third kappa shape index (κ3) is 6.10. The zero-order chi connectivity index (χ0) is 24.8. The molecule has 2 aromatic carbocycles. The fourth-order valence-corrected chi connectivity index (χ4v) is 3.80. The van der Waals surface area contributed by atoms with Crippen molar-refractivity contribution >= 4 is 48.4 Å². The minimum absolute atomic E-state index is 0.264. The number of carbonyl (C=O) groups is 1. The Morgan fingerprint density at radius 1 is 1.11 bits per heavy atom. The minimum Gasteiger partial charge on any atom is -0.494 e. The molecule has 1 aromatic heterocycles. The molecule has 2 heterocycles. The molecule has 1 aliphatic heterocycles. The van der Waals surface area contributed by atoms with Crippen molar-refractivity contribution in [2.24, 2.45) is 0 Å². The summed E-state index contributed by atoms with van der Waals surface area (Å²) >= 11 is 0. The number of aryl methyl sites for hydroxylation is 1. The summed E-state index contributed by atoms with van der Waals surface area (Å²) in [6.07, 6.45) is 2.99. The Balaban J connectivity index is 1.50. The van der Waals surface area contributed by atoms with E-state index in [-0.39, 0.29) is 5.91 Å². The molecule has 1 saturated heterocycles. The molecule has 0 unspecified atom stereocenters. The Morgan fingerprint density at radius 2 is 1.89 bits per heavy atom. The van der Waals surface area contributed by atoms with Crippen molar-refractivity contribution in [2.45, 2.75) is 6.92 Å². The summed E-state index contributed by atoms with van der Waals surface area (Å²) in [7, 11) is 3.81. The first-order valence-electron chi connectivity index (χ1n) is 11.5. The largest absolute Gasteiger partial charge is 0.494 e. The Kier molecular flexibility index (Phi) is 7.52.